The van der Waals surface area contributed by atoms with E-state index < -0.39 is 0 Å². The average molecular weight is 236 g/mol. The van der Waals surface area contributed by atoms with Crippen molar-refractivity contribution in [1.29, 1.82) is 0 Å². The molecule has 1 heterocycles. The zero-order chi connectivity index (χ0) is 12.2. The van der Waals surface area contributed by atoms with Crippen molar-refractivity contribution in [2.75, 3.05) is 0 Å². The standard InChI is InChI=1S/C14H24N2O/c1-4-11-5-6-12(9(11)2)16-10(3)15-14(7-8-14)13(16)17/h9-12,15H,4-8H2,1-3H3. The number of nitrogens with zero attached hydrogens (tertiary/aromatic N) is 1. The van der Waals surface area contributed by atoms with Crippen LogP contribution in [0.2, 0.25) is 0 Å². The Kier molecular flexibility index (Phi) is 2.51. The molecule has 1 saturated heterocycles. The lowest BCUT2D eigenvalue weighted by molar-refractivity contribution is -0.133. The van der Waals surface area contributed by atoms with E-state index in [4.69, 9.17) is 0 Å². The molecule has 17 heavy (non-hydrogen) atoms. The quantitative estimate of drug-likeness (QED) is 0.796. The van der Waals surface area contributed by atoms with Crippen molar-refractivity contribution in [3.05, 3.63) is 0 Å². The number of nitrogens with one attached hydrogen (secondary N) is 1. The van der Waals surface area contributed by atoms with Gasteiger partial charge in [0.2, 0.25) is 5.91 Å². The Morgan fingerprint density at radius 2 is 2.06 bits per heavy atom. The molecule has 0 aromatic rings. The normalized spacial score (nSPS) is 43.7. The minimum absolute atomic E-state index is 0.135. The van der Waals surface area contributed by atoms with Crippen LogP contribution in [0.5, 0.6) is 0 Å². The summed E-state index contributed by atoms with van der Waals surface area (Å²) < 4.78 is 0. The van der Waals surface area contributed by atoms with Crippen LogP contribution in [0.25, 0.3) is 0 Å². The molecule has 2 aliphatic carbocycles. The molecule has 3 nitrogen and oxygen atoms in total. The van der Waals surface area contributed by atoms with Gasteiger partial charge in [-0.2, -0.15) is 0 Å². The van der Waals surface area contributed by atoms with Gasteiger partial charge < -0.3 is 4.90 Å². The summed E-state index contributed by atoms with van der Waals surface area (Å²) in [5.41, 5.74) is -0.135. The Hall–Kier alpha value is -0.570. The van der Waals surface area contributed by atoms with E-state index in [1.165, 1.54) is 19.3 Å². The zero-order valence-corrected chi connectivity index (χ0v) is 11.2. The molecular weight excluding hydrogens is 212 g/mol. The summed E-state index contributed by atoms with van der Waals surface area (Å²) in [5.74, 6) is 1.87. The molecule has 3 fully saturated rings. The van der Waals surface area contributed by atoms with Crippen molar-refractivity contribution in [2.24, 2.45) is 11.8 Å². The Balaban J connectivity index is 1.78. The Morgan fingerprint density at radius 1 is 1.35 bits per heavy atom. The fraction of sp³-hybridized carbons (Fsp3) is 0.929. The first-order valence-corrected chi connectivity index (χ1v) is 7.19. The highest BCUT2D eigenvalue weighted by atomic mass is 16.2. The number of rotatable bonds is 2. The van der Waals surface area contributed by atoms with Crippen molar-refractivity contribution in [3.63, 3.8) is 0 Å². The molecule has 1 N–H and O–H groups in total. The van der Waals surface area contributed by atoms with Gasteiger partial charge in [0.15, 0.2) is 0 Å². The van der Waals surface area contributed by atoms with Crippen LogP contribution in [0.1, 0.15) is 52.9 Å². The van der Waals surface area contributed by atoms with Gasteiger partial charge in [0.1, 0.15) is 0 Å². The number of carbonyl (C=O) groups excluding carboxylic acids is 1. The third kappa shape index (κ3) is 1.55. The van der Waals surface area contributed by atoms with Gasteiger partial charge in [0, 0.05) is 6.04 Å². The molecule has 96 valence electrons. The van der Waals surface area contributed by atoms with E-state index in [2.05, 4.69) is 31.0 Å². The van der Waals surface area contributed by atoms with Crippen molar-refractivity contribution < 1.29 is 4.79 Å². The monoisotopic (exact) mass is 236 g/mol. The van der Waals surface area contributed by atoms with E-state index in [0.29, 0.717) is 17.9 Å². The largest absolute Gasteiger partial charge is 0.323 e. The lowest BCUT2D eigenvalue weighted by atomic mass is 9.92. The molecule has 3 heteroatoms. The van der Waals surface area contributed by atoms with Crippen LogP contribution in [-0.4, -0.2) is 28.6 Å². The van der Waals surface area contributed by atoms with Crippen molar-refractivity contribution in [1.82, 2.24) is 10.2 Å². The fourth-order valence-corrected chi connectivity index (χ4v) is 4.07. The molecule has 3 rings (SSSR count). The van der Waals surface area contributed by atoms with Gasteiger partial charge in [-0.15, -0.1) is 0 Å². The highest BCUT2D eigenvalue weighted by Crippen LogP contribution is 2.46. The van der Waals surface area contributed by atoms with Crippen LogP contribution in [0, 0.1) is 11.8 Å². The highest BCUT2D eigenvalue weighted by Gasteiger charge is 2.60. The molecule has 1 spiro atoms. The summed E-state index contributed by atoms with van der Waals surface area (Å²) in [6.07, 6.45) is 6.09. The maximum Gasteiger partial charge on any atom is 0.244 e. The molecule has 2 saturated carbocycles. The zero-order valence-electron chi connectivity index (χ0n) is 11.2. The number of hydrogen-bond donors (Lipinski definition) is 1. The second-order valence-corrected chi connectivity index (χ2v) is 6.29. The van der Waals surface area contributed by atoms with Gasteiger partial charge in [0.25, 0.3) is 0 Å². The summed E-state index contributed by atoms with van der Waals surface area (Å²) in [6, 6.07) is 0.481. The van der Waals surface area contributed by atoms with E-state index in [1.54, 1.807) is 0 Å². The lowest BCUT2D eigenvalue weighted by Crippen LogP contribution is -2.45. The first-order chi connectivity index (χ1) is 8.09. The lowest BCUT2D eigenvalue weighted by Gasteiger charge is -2.32. The van der Waals surface area contributed by atoms with Gasteiger partial charge in [-0.25, -0.2) is 0 Å². The van der Waals surface area contributed by atoms with Gasteiger partial charge in [-0.05, 0) is 44.4 Å². The molecular formula is C14H24N2O. The number of hydrogen-bond acceptors (Lipinski definition) is 2. The van der Waals surface area contributed by atoms with Crippen molar-refractivity contribution in [2.45, 2.75) is 70.6 Å². The summed E-state index contributed by atoms with van der Waals surface area (Å²) in [4.78, 5) is 14.7. The Labute approximate surface area is 104 Å². The summed E-state index contributed by atoms with van der Waals surface area (Å²) in [7, 11) is 0. The second kappa shape index (κ2) is 3.71. The van der Waals surface area contributed by atoms with Crippen molar-refractivity contribution >= 4 is 5.91 Å². The smallest absolute Gasteiger partial charge is 0.244 e. The van der Waals surface area contributed by atoms with Gasteiger partial charge >= 0.3 is 0 Å². The summed E-state index contributed by atoms with van der Waals surface area (Å²) >= 11 is 0. The Bertz CT molecular complexity index is 337. The molecule has 1 amide bonds. The molecule has 0 aromatic heterocycles. The number of carbonyl (C=O) groups is 1. The van der Waals surface area contributed by atoms with Crippen LogP contribution in [0.15, 0.2) is 0 Å². The predicted octanol–water partition coefficient (Wildman–Crippen LogP) is 2.12. The minimum atomic E-state index is -0.135. The molecule has 4 atom stereocenters. The van der Waals surface area contributed by atoms with Crippen LogP contribution in [0.3, 0.4) is 0 Å². The molecule has 0 bridgehead atoms. The van der Waals surface area contributed by atoms with Crippen LogP contribution in [0.4, 0.5) is 0 Å². The van der Waals surface area contributed by atoms with Gasteiger partial charge in [-0.3, -0.25) is 10.1 Å². The number of amides is 1. The van der Waals surface area contributed by atoms with Crippen molar-refractivity contribution in [3.8, 4) is 0 Å². The first kappa shape index (κ1) is 11.5. The van der Waals surface area contributed by atoms with Gasteiger partial charge in [0.05, 0.1) is 11.7 Å². The van der Waals surface area contributed by atoms with E-state index in [9.17, 15) is 4.79 Å². The molecule has 3 aliphatic rings. The van der Waals surface area contributed by atoms with Crippen LogP contribution in [-0.2, 0) is 4.79 Å². The summed E-state index contributed by atoms with van der Waals surface area (Å²) in [5, 5.41) is 3.51. The van der Waals surface area contributed by atoms with Crippen LogP contribution < -0.4 is 5.32 Å². The third-order valence-electron chi connectivity index (χ3n) is 5.36. The van der Waals surface area contributed by atoms with E-state index in [0.717, 1.165) is 18.8 Å². The topological polar surface area (TPSA) is 32.3 Å². The molecule has 4 unspecified atom stereocenters. The predicted molar refractivity (Wildman–Crippen MR) is 67.4 cm³/mol. The van der Waals surface area contributed by atoms with E-state index >= 15 is 0 Å². The maximum absolute atomic E-state index is 12.5. The SMILES string of the molecule is CCC1CCC(N2C(=O)C3(CC3)NC2C)C1C. The summed E-state index contributed by atoms with van der Waals surface area (Å²) in [6.45, 7) is 6.76. The average Bonchev–Trinajstić information content (AvgIpc) is 2.93. The Morgan fingerprint density at radius 3 is 2.53 bits per heavy atom. The van der Waals surface area contributed by atoms with E-state index in [1.807, 2.05) is 0 Å². The van der Waals surface area contributed by atoms with Gasteiger partial charge in [-0.1, -0.05) is 20.3 Å². The molecule has 0 radical (unpaired) electrons. The second-order valence-electron chi connectivity index (χ2n) is 6.29. The molecule has 1 aliphatic heterocycles. The highest BCUT2D eigenvalue weighted by molar-refractivity contribution is 5.92. The minimum Gasteiger partial charge on any atom is -0.323 e. The van der Waals surface area contributed by atoms with E-state index in [-0.39, 0.29) is 11.7 Å². The first-order valence-electron chi connectivity index (χ1n) is 7.19. The maximum atomic E-state index is 12.5. The fourth-order valence-electron chi connectivity index (χ4n) is 4.07. The van der Waals surface area contributed by atoms with Crippen LogP contribution >= 0.6 is 0 Å². The third-order valence-corrected chi connectivity index (χ3v) is 5.36. The molecule has 0 aromatic carbocycles.